The number of esters is 1. The van der Waals surface area contributed by atoms with E-state index in [1.165, 1.54) is 18.2 Å². The van der Waals surface area contributed by atoms with Gasteiger partial charge in [0.2, 0.25) is 10.0 Å². The lowest BCUT2D eigenvalue weighted by molar-refractivity contribution is 0.0597. The molecule has 0 bridgehead atoms. The first-order chi connectivity index (χ1) is 6.88. The first-order valence-electron chi connectivity index (χ1n) is 3.87. The molecule has 0 spiro atoms. The van der Waals surface area contributed by atoms with Crippen LogP contribution in [0.1, 0.15) is 10.4 Å². The highest BCUT2D eigenvalue weighted by Gasteiger charge is 2.22. The molecule has 1 aromatic rings. The van der Waals surface area contributed by atoms with Crippen molar-refractivity contribution in [3.05, 3.63) is 23.8 Å². The first-order valence-corrected chi connectivity index (χ1v) is 5.42. The van der Waals surface area contributed by atoms with Crippen LogP contribution in [0.2, 0.25) is 0 Å². The predicted octanol–water partition coefficient (Wildman–Crippen LogP) is -0.297. The molecule has 0 amide bonds. The lowest BCUT2D eigenvalue weighted by atomic mass is 10.2. The zero-order valence-corrected chi connectivity index (χ0v) is 8.74. The van der Waals surface area contributed by atoms with Crippen molar-refractivity contribution < 1.29 is 17.9 Å². The number of nitrogen functional groups attached to an aromatic ring is 1. The molecule has 0 aliphatic carbocycles. The van der Waals surface area contributed by atoms with Gasteiger partial charge in [-0.1, -0.05) is 6.07 Å². The Balaban J connectivity index is 3.54. The molecule has 0 saturated carbocycles. The lowest BCUT2D eigenvalue weighted by Gasteiger charge is -2.07. The van der Waals surface area contributed by atoms with Gasteiger partial charge in [-0.25, -0.2) is 18.4 Å². The molecule has 82 valence electrons. The van der Waals surface area contributed by atoms with E-state index in [4.69, 9.17) is 10.9 Å². The number of methoxy groups -OCH3 is 1. The molecule has 0 atom stereocenters. The van der Waals surface area contributed by atoms with Crippen LogP contribution in [0.15, 0.2) is 23.1 Å². The summed E-state index contributed by atoms with van der Waals surface area (Å²) in [5, 5.41) is 4.93. The van der Waals surface area contributed by atoms with E-state index in [1.54, 1.807) is 0 Å². The minimum atomic E-state index is -3.99. The molecule has 0 fully saturated rings. The van der Waals surface area contributed by atoms with Crippen molar-refractivity contribution in [1.82, 2.24) is 0 Å². The molecule has 0 aliphatic rings. The standard InChI is InChI=1S/C8H10N2O4S/c1-14-8(11)7-5(9)3-2-4-6(7)15(10,12)13/h2-4H,9H2,1H3,(H2,10,12,13). The number of sulfonamides is 1. The maximum Gasteiger partial charge on any atom is 0.341 e. The summed E-state index contributed by atoms with van der Waals surface area (Å²) in [4.78, 5) is 10.9. The van der Waals surface area contributed by atoms with E-state index in [9.17, 15) is 13.2 Å². The van der Waals surface area contributed by atoms with Gasteiger partial charge in [0.25, 0.3) is 0 Å². The van der Waals surface area contributed by atoms with Gasteiger partial charge in [0.05, 0.1) is 12.0 Å². The van der Waals surface area contributed by atoms with Gasteiger partial charge in [-0.15, -0.1) is 0 Å². The Morgan fingerprint density at radius 3 is 2.47 bits per heavy atom. The van der Waals surface area contributed by atoms with Gasteiger partial charge < -0.3 is 10.5 Å². The van der Waals surface area contributed by atoms with Crippen LogP contribution in [-0.2, 0) is 14.8 Å². The Morgan fingerprint density at radius 2 is 2.00 bits per heavy atom. The number of hydrogen-bond acceptors (Lipinski definition) is 5. The monoisotopic (exact) mass is 230 g/mol. The van der Waals surface area contributed by atoms with Gasteiger partial charge in [0, 0.05) is 5.69 Å². The van der Waals surface area contributed by atoms with Crippen LogP contribution in [0.5, 0.6) is 0 Å². The van der Waals surface area contributed by atoms with Crippen LogP contribution in [0.3, 0.4) is 0 Å². The number of anilines is 1. The van der Waals surface area contributed by atoms with Crippen LogP contribution in [0.25, 0.3) is 0 Å². The Labute approximate surface area is 86.9 Å². The summed E-state index contributed by atoms with van der Waals surface area (Å²) in [5.74, 6) is -0.836. The fourth-order valence-corrected chi connectivity index (χ4v) is 1.86. The van der Waals surface area contributed by atoms with Crippen LogP contribution >= 0.6 is 0 Å². The van der Waals surface area contributed by atoms with Crippen molar-refractivity contribution >= 4 is 21.7 Å². The van der Waals surface area contributed by atoms with E-state index in [2.05, 4.69) is 4.74 Å². The molecule has 0 aliphatic heterocycles. The quantitative estimate of drug-likeness (QED) is 0.535. The highest BCUT2D eigenvalue weighted by atomic mass is 32.2. The fraction of sp³-hybridized carbons (Fsp3) is 0.125. The first kappa shape index (κ1) is 11.5. The van der Waals surface area contributed by atoms with Gasteiger partial charge in [0.1, 0.15) is 5.56 Å². The lowest BCUT2D eigenvalue weighted by Crippen LogP contribution is -2.18. The summed E-state index contributed by atoms with van der Waals surface area (Å²) in [5.41, 5.74) is 5.25. The second kappa shape index (κ2) is 3.87. The minimum absolute atomic E-state index is 0.00775. The predicted molar refractivity (Wildman–Crippen MR) is 53.6 cm³/mol. The maximum atomic E-state index is 11.3. The summed E-state index contributed by atoms with van der Waals surface area (Å²) < 4.78 is 26.7. The smallest absolute Gasteiger partial charge is 0.341 e. The van der Waals surface area contributed by atoms with Crippen molar-refractivity contribution in [1.29, 1.82) is 0 Å². The summed E-state index contributed by atoms with van der Waals surface area (Å²) in [6.07, 6.45) is 0. The second-order valence-electron chi connectivity index (χ2n) is 2.76. The molecule has 0 unspecified atom stereocenters. The summed E-state index contributed by atoms with van der Waals surface area (Å²) in [7, 11) is -2.87. The molecular formula is C8H10N2O4S. The molecule has 0 radical (unpaired) electrons. The van der Waals surface area contributed by atoms with Crippen molar-refractivity contribution in [2.45, 2.75) is 4.90 Å². The van der Waals surface area contributed by atoms with Gasteiger partial charge in [0.15, 0.2) is 0 Å². The highest BCUT2D eigenvalue weighted by Crippen LogP contribution is 2.21. The number of benzene rings is 1. The third-order valence-corrected chi connectivity index (χ3v) is 2.71. The van der Waals surface area contributed by atoms with E-state index in [0.29, 0.717) is 0 Å². The summed E-state index contributed by atoms with van der Waals surface area (Å²) in [6, 6.07) is 3.97. The number of hydrogen-bond donors (Lipinski definition) is 2. The molecule has 0 heterocycles. The van der Waals surface area contributed by atoms with E-state index in [-0.39, 0.29) is 16.1 Å². The Morgan fingerprint density at radius 1 is 1.40 bits per heavy atom. The van der Waals surface area contributed by atoms with Gasteiger partial charge in [-0.3, -0.25) is 0 Å². The SMILES string of the molecule is COC(=O)c1c(N)cccc1S(N)(=O)=O. The van der Waals surface area contributed by atoms with Gasteiger partial charge >= 0.3 is 5.97 Å². The fourth-order valence-electron chi connectivity index (χ4n) is 1.11. The molecule has 1 aromatic carbocycles. The third kappa shape index (κ3) is 2.25. The zero-order chi connectivity index (χ0) is 11.6. The van der Waals surface area contributed by atoms with Crippen molar-refractivity contribution in [3.8, 4) is 0 Å². The van der Waals surface area contributed by atoms with E-state index < -0.39 is 16.0 Å². The number of primary sulfonamides is 1. The van der Waals surface area contributed by atoms with Crippen LogP contribution in [0, 0.1) is 0 Å². The van der Waals surface area contributed by atoms with Crippen molar-refractivity contribution in [3.63, 3.8) is 0 Å². The van der Waals surface area contributed by atoms with E-state index >= 15 is 0 Å². The Kier molecular flexibility index (Phi) is 2.96. The zero-order valence-electron chi connectivity index (χ0n) is 7.93. The average molecular weight is 230 g/mol. The number of carbonyl (C=O) groups excluding carboxylic acids is 1. The largest absolute Gasteiger partial charge is 0.465 e. The normalized spacial score (nSPS) is 11.1. The molecule has 1 rings (SSSR count). The van der Waals surface area contributed by atoms with Crippen molar-refractivity contribution in [2.24, 2.45) is 5.14 Å². The number of nitrogens with two attached hydrogens (primary N) is 2. The highest BCUT2D eigenvalue weighted by molar-refractivity contribution is 7.89. The number of carbonyl (C=O) groups is 1. The second-order valence-corrected chi connectivity index (χ2v) is 4.29. The number of ether oxygens (including phenoxy) is 1. The van der Waals surface area contributed by atoms with Gasteiger partial charge in [-0.2, -0.15) is 0 Å². The minimum Gasteiger partial charge on any atom is -0.465 e. The summed E-state index contributed by atoms with van der Waals surface area (Å²) in [6.45, 7) is 0. The Bertz CT molecular complexity index is 495. The number of rotatable bonds is 2. The Hall–Kier alpha value is -1.60. The molecule has 0 saturated heterocycles. The molecule has 0 aromatic heterocycles. The maximum absolute atomic E-state index is 11.3. The third-order valence-electron chi connectivity index (χ3n) is 1.75. The van der Waals surface area contributed by atoms with Crippen LogP contribution < -0.4 is 10.9 Å². The molecule has 15 heavy (non-hydrogen) atoms. The van der Waals surface area contributed by atoms with Gasteiger partial charge in [-0.05, 0) is 12.1 Å². The van der Waals surface area contributed by atoms with Crippen LogP contribution in [-0.4, -0.2) is 21.5 Å². The average Bonchev–Trinajstić information content (AvgIpc) is 2.15. The van der Waals surface area contributed by atoms with Crippen LogP contribution in [0.4, 0.5) is 5.69 Å². The molecular weight excluding hydrogens is 220 g/mol. The molecule has 6 nitrogen and oxygen atoms in total. The molecule has 4 N–H and O–H groups in total. The van der Waals surface area contributed by atoms with E-state index in [1.807, 2.05) is 0 Å². The van der Waals surface area contributed by atoms with E-state index in [0.717, 1.165) is 7.11 Å². The topological polar surface area (TPSA) is 112 Å². The van der Waals surface area contributed by atoms with Crippen molar-refractivity contribution in [2.75, 3.05) is 12.8 Å². The summed E-state index contributed by atoms with van der Waals surface area (Å²) >= 11 is 0. The molecule has 7 heteroatoms.